The second-order valence-corrected chi connectivity index (χ2v) is 0.575. The van der Waals surface area contributed by atoms with Crippen LogP contribution in [0.2, 0.25) is 0 Å². The number of quaternary nitrogens is 1. The van der Waals surface area contributed by atoms with Gasteiger partial charge in [-0.1, -0.05) is 0 Å². The SMILES string of the molecule is O=C([O-])C(=O)[O-].[Co+].[NH4+]. The summed E-state index contributed by atoms with van der Waals surface area (Å²) >= 11 is 0. The molecule has 0 heterocycles. The van der Waals surface area contributed by atoms with Crippen LogP contribution < -0.4 is 16.4 Å². The molecular formula is C2H4CoNO4. The first-order valence-electron chi connectivity index (χ1n) is 1.07. The predicted molar refractivity (Wildman–Crippen MR) is 16.0 cm³/mol. The first-order valence-corrected chi connectivity index (χ1v) is 1.07. The van der Waals surface area contributed by atoms with E-state index >= 15 is 0 Å². The summed E-state index contributed by atoms with van der Waals surface area (Å²) in [6.07, 6.45) is 0. The first kappa shape index (κ1) is 15.7. The van der Waals surface area contributed by atoms with Gasteiger partial charge in [-0.05, 0) is 0 Å². The number of carbonyl (C=O) groups is 2. The van der Waals surface area contributed by atoms with Crippen LogP contribution in [0.1, 0.15) is 0 Å². The number of rotatable bonds is 0. The summed E-state index contributed by atoms with van der Waals surface area (Å²) in [5, 5.41) is 17.9. The van der Waals surface area contributed by atoms with Crippen molar-refractivity contribution in [2.75, 3.05) is 0 Å². The topological polar surface area (TPSA) is 117 Å². The van der Waals surface area contributed by atoms with E-state index in [1.807, 2.05) is 0 Å². The molecule has 0 unspecified atom stereocenters. The number of aliphatic carboxylic acids is 2. The van der Waals surface area contributed by atoms with E-state index in [-0.39, 0.29) is 22.9 Å². The standard InChI is InChI=1S/C2H2O4.Co.H3N/c3-1(4)2(5)6;;/h(H,3,4)(H,5,6);;1H3/q;+1;/p-1. The van der Waals surface area contributed by atoms with Gasteiger partial charge in [-0.15, -0.1) is 0 Å². The van der Waals surface area contributed by atoms with Crippen molar-refractivity contribution < 1.29 is 36.6 Å². The molecule has 0 aromatic heterocycles. The largest absolute Gasteiger partial charge is 1.00 e. The fourth-order valence-corrected chi connectivity index (χ4v) is 0. The van der Waals surface area contributed by atoms with E-state index < -0.39 is 11.9 Å². The van der Waals surface area contributed by atoms with Crippen molar-refractivity contribution in [3.05, 3.63) is 0 Å². The molecular weight excluding hydrogens is 161 g/mol. The Labute approximate surface area is 55.5 Å². The maximum absolute atomic E-state index is 8.93. The number of carboxylic acids is 2. The summed E-state index contributed by atoms with van der Waals surface area (Å²) in [6, 6.07) is 0. The summed E-state index contributed by atoms with van der Waals surface area (Å²) in [7, 11) is 0. The molecule has 0 rings (SSSR count). The van der Waals surface area contributed by atoms with Gasteiger partial charge in [0.05, 0.1) is 11.9 Å². The number of carboxylic acid groups (broad SMARTS) is 2. The van der Waals surface area contributed by atoms with Gasteiger partial charge in [0.15, 0.2) is 0 Å². The van der Waals surface area contributed by atoms with Crippen molar-refractivity contribution in [1.82, 2.24) is 6.15 Å². The minimum Gasteiger partial charge on any atom is -0.543 e. The van der Waals surface area contributed by atoms with Gasteiger partial charge < -0.3 is 26.0 Å². The molecule has 0 aliphatic rings. The zero-order valence-electron chi connectivity index (χ0n) is 3.97. The van der Waals surface area contributed by atoms with Crippen molar-refractivity contribution in [3.8, 4) is 0 Å². The van der Waals surface area contributed by atoms with E-state index in [0.717, 1.165) is 0 Å². The van der Waals surface area contributed by atoms with E-state index in [9.17, 15) is 0 Å². The van der Waals surface area contributed by atoms with Crippen molar-refractivity contribution in [2.24, 2.45) is 0 Å². The van der Waals surface area contributed by atoms with Crippen molar-refractivity contribution in [2.45, 2.75) is 0 Å². The van der Waals surface area contributed by atoms with Crippen LogP contribution in [0, 0.1) is 0 Å². The Bertz CT molecular complexity index is 80.0. The van der Waals surface area contributed by atoms with Gasteiger partial charge >= 0.3 is 16.8 Å². The predicted octanol–water partition coefficient (Wildman–Crippen LogP) is -3.14. The Morgan fingerprint density at radius 3 is 1.12 bits per heavy atom. The quantitative estimate of drug-likeness (QED) is 0.381. The summed E-state index contributed by atoms with van der Waals surface area (Å²) in [5.74, 6) is -4.37. The molecule has 0 amide bonds. The zero-order chi connectivity index (χ0) is 5.15. The molecule has 8 heavy (non-hydrogen) atoms. The van der Waals surface area contributed by atoms with Crippen LogP contribution in [-0.4, -0.2) is 11.9 Å². The maximum Gasteiger partial charge on any atom is 1.00 e. The molecule has 0 saturated carbocycles. The molecule has 0 aliphatic carbocycles. The van der Waals surface area contributed by atoms with Gasteiger partial charge in [0.1, 0.15) is 0 Å². The zero-order valence-corrected chi connectivity index (χ0v) is 5.01. The van der Waals surface area contributed by atoms with Crippen LogP contribution in [0.15, 0.2) is 0 Å². The fraction of sp³-hybridized carbons (Fsp3) is 0. The Morgan fingerprint density at radius 1 is 1.00 bits per heavy atom. The fourth-order valence-electron chi connectivity index (χ4n) is 0. The molecule has 0 spiro atoms. The van der Waals surface area contributed by atoms with Gasteiger partial charge in [-0.25, -0.2) is 0 Å². The van der Waals surface area contributed by atoms with Gasteiger partial charge in [-0.2, -0.15) is 0 Å². The second-order valence-electron chi connectivity index (χ2n) is 0.575. The average molecular weight is 165 g/mol. The van der Waals surface area contributed by atoms with Gasteiger partial charge in [0.25, 0.3) is 0 Å². The number of carbonyl (C=O) groups excluding carboxylic acids is 2. The normalized spacial score (nSPS) is 5.50. The molecule has 50 valence electrons. The summed E-state index contributed by atoms with van der Waals surface area (Å²) < 4.78 is 0. The van der Waals surface area contributed by atoms with E-state index in [1.54, 1.807) is 0 Å². The average Bonchev–Trinajstić information content (AvgIpc) is 1.36. The molecule has 0 aromatic carbocycles. The Balaban J connectivity index is -0.000000125. The molecule has 0 radical (unpaired) electrons. The second kappa shape index (κ2) is 6.41. The Kier molecular flexibility index (Phi) is 12.5. The van der Waals surface area contributed by atoms with Crippen LogP contribution >= 0.6 is 0 Å². The van der Waals surface area contributed by atoms with E-state index in [4.69, 9.17) is 19.8 Å². The first-order chi connectivity index (χ1) is 2.64. The van der Waals surface area contributed by atoms with Crippen LogP contribution in [0.25, 0.3) is 0 Å². The van der Waals surface area contributed by atoms with Gasteiger partial charge in [0.2, 0.25) is 0 Å². The van der Waals surface area contributed by atoms with E-state index in [1.165, 1.54) is 0 Å². The van der Waals surface area contributed by atoms with Gasteiger partial charge in [0, 0.05) is 0 Å². The molecule has 0 fully saturated rings. The van der Waals surface area contributed by atoms with E-state index in [2.05, 4.69) is 0 Å². The minimum absolute atomic E-state index is 0. The maximum atomic E-state index is 8.93. The molecule has 0 saturated heterocycles. The van der Waals surface area contributed by atoms with Crippen LogP contribution in [0.3, 0.4) is 0 Å². The smallest absolute Gasteiger partial charge is 0.543 e. The van der Waals surface area contributed by atoms with Crippen LogP contribution in [-0.2, 0) is 26.4 Å². The minimum atomic E-state index is -2.19. The van der Waals surface area contributed by atoms with Gasteiger partial charge in [-0.3, -0.25) is 0 Å². The number of hydrogen-bond acceptors (Lipinski definition) is 4. The Hall–Kier alpha value is -0.594. The molecule has 0 aromatic rings. The Morgan fingerprint density at radius 2 is 1.12 bits per heavy atom. The number of hydrogen-bond donors (Lipinski definition) is 1. The molecule has 0 bridgehead atoms. The summed E-state index contributed by atoms with van der Waals surface area (Å²) in [6.45, 7) is 0. The van der Waals surface area contributed by atoms with Crippen molar-refractivity contribution in [1.29, 1.82) is 0 Å². The van der Waals surface area contributed by atoms with E-state index in [0.29, 0.717) is 0 Å². The molecule has 0 aliphatic heterocycles. The molecule has 6 heteroatoms. The van der Waals surface area contributed by atoms with Crippen LogP contribution in [0.5, 0.6) is 0 Å². The van der Waals surface area contributed by atoms with Crippen molar-refractivity contribution in [3.63, 3.8) is 0 Å². The van der Waals surface area contributed by atoms with Crippen LogP contribution in [0.4, 0.5) is 0 Å². The molecule has 0 atom stereocenters. The monoisotopic (exact) mass is 165 g/mol. The third-order valence-corrected chi connectivity index (χ3v) is 0.167. The third-order valence-electron chi connectivity index (χ3n) is 0.167. The molecule has 5 nitrogen and oxygen atoms in total. The third kappa shape index (κ3) is 9.05. The van der Waals surface area contributed by atoms with Crippen molar-refractivity contribution >= 4 is 11.9 Å². The molecule has 4 N–H and O–H groups in total. The summed E-state index contributed by atoms with van der Waals surface area (Å²) in [5.41, 5.74) is 0. The summed E-state index contributed by atoms with van der Waals surface area (Å²) in [4.78, 5) is 17.9.